The number of hydrogen-bond donors (Lipinski definition) is 0. The Morgan fingerprint density at radius 2 is 2.25 bits per heavy atom. The quantitative estimate of drug-likeness (QED) is 0.486. The maximum Gasteiger partial charge on any atom is 0.0201 e. The van der Waals surface area contributed by atoms with Gasteiger partial charge in [-0.1, -0.05) is 13.3 Å². The van der Waals surface area contributed by atoms with E-state index in [1.54, 1.807) is 0 Å². The van der Waals surface area contributed by atoms with E-state index in [9.17, 15) is 0 Å². The van der Waals surface area contributed by atoms with Gasteiger partial charge >= 0.3 is 0 Å². The SMILES string of the molecule is CC1CCC2(CCCN(I)C2)C1. The third-order valence-electron chi connectivity index (χ3n) is 3.56. The number of hydrogen-bond acceptors (Lipinski definition) is 1. The predicted molar refractivity (Wildman–Crippen MR) is 60.3 cm³/mol. The van der Waals surface area contributed by atoms with Crippen LogP contribution in [0.5, 0.6) is 0 Å². The highest BCUT2D eigenvalue weighted by atomic mass is 127. The van der Waals surface area contributed by atoms with Crippen molar-refractivity contribution in [3.8, 4) is 0 Å². The molecule has 1 nitrogen and oxygen atoms in total. The molecule has 12 heavy (non-hydrogen) atoms. The molecule has 2 fully saturated rings. The van der Waals surface area contributed by atoms with Crippen molar-refractivity contribution in [2.24, 2.45) is 11.3 Å². The van der Waals surface area contributed by atoms with Crippen LogP contribution in [0.3, 0.4) is 0 Å². The molecule has 1 spiro atoms. The van der Waals surface area contributed by atoms with Gasteiger partial charge in [0.05, 0.1) is 0 Å². The minimum Gasteiger partial charge on any atom is -0.247 e. The normalized spacial score (nSPS) is 44.0. The average Bonchev–Trinajstić information content (AvgIpc) is 2.32. The van der Waals surface area contributed by atoms with Crippen molar-refractivity contribution >= 4 is 22.9 Å². The highest BCUT2D eigenvalue weighted by molar-refractivity contribution is 14.1. The van der Waals surface area contributed by atoms with Crippen LogP contribution < -0.4 is 0 Å². The second kappa shape index (κ2) is 3.45. The Morgan fingerprint density at radius 1 is 1.42 bits per heavy atom. The summed E-state index contributed by atoms with van der Waals surface area (Å²) in [4.78, 5) is 0. The van der Waals surface area contributed by atoms with E-state index in [1.807, 2.05) is 0 Å². The van der Waals surface area contributed by atoms with E-state index in [0.717, 1.165) is 11.3 Å². The number of rotatable bonds is 0. The lowest BCUT2D eigenvalue weighted by Gasteiger charge is -2.37. The fourth-order valence-corrected chi connectivity index (χ4v) is 4.08. The van der Waals surface area contributed by atoms with Crippen LogP contribution in [0.4, 0.5) is 0 Å². The predicted octanol–water partition coefficient (Wildman–Crippen LogP) is 3.24. The Labute approximate surface area is 89.4 Å². The summed E-state index contributed by atoms with van der Waals surface area (Å²) in [6, 6.07) is 0. The Kier molecular flexibility index (Phi) is 2.66. The van der Waals surface area contributed by atoms with Gasteiger partial charge in [0.1, 0.15) is 0 Å². The van der Waals surface area contributed by atoms with Crippen molar-refractivity contribution in [3.63, 3.8) is 0 Å². The van der Waals surface area contributed by atoms with Gasteiger partial charge in [-0.25, -0.2) is 3.11 Å². The van der Waals surface area contributed by atoms with Crippen LogP contribution >= 0.6 is 22.9 Å². The van der Waals surface area contributed by atoms with Gasteiger partial charge in [0.25, 0.3) is 0 Å². The van der Waals surface area contributed by atoms with Crippen LogP contribution in [-0.4, -0.2) is 16.2 Å². The molecule has 1 aliphatic heterocycles. The molecule has 0 aromatic carbocycles. The van der Waals surface area contributed by atoms with Crippen molar-refractivity contribution in [2.45, 2.75) is 39.0 Å². The van der Waals surface area contributed by atoms with E-state index in [0.29, 0.717) is 0 Å². The van der Waals surface area contributed by atoms with Crippen LogP contribution in [0, 0.1) is 11.3 Å². The van der Waals surface area contributed by atoms with Crippen molar-refractivity contribution in [2.75, 3.05) is 13.1 Å². The van der Waals surface area contributed by atoms with Crippen molar-refractivity contribution in [1.82, 2.24) is 3.11 Å². The first kappa shape index (κ1) is 9.25. The molecule has 2 aliphatic rings. The summed E-state index contributed by atoms with van der Waals surface area (Å²) in [6.45, 7) is 5.09. The molecular weight excluding hydrogens is 261 g/mol. The molecule has 0 amide bonds. The standard InChI is InChI=1S/C10H18IN/c1-9-3-5-10(7-9)4-2-6-12(11)8-10/h9H,2-8H2,1H3. The van der Waals surface area contributed by atoms with Gasteiger partial charge in [0, 0.05) is 36.0 Å². The van der Waals surface area contributed by atoms with E-state index >= 15 is 0 Å². The topological polar surface area (TPSA) is 3.24 Å². The van der Waals surface area contributed by atoms with Crippen LogP contribution in [-0.2, 0) is 0 Å². The first-order valence-electron chi connectivity index (χ1n) is 5.11. The van der Waals surface area contributed by atoms with Gasteiger partial charge in [-0.05, 0) is 37.0 Å². The molecule has 2 rings (SSSR count). The largest absolute Gasteiger partial charge is 0.247 e. The van der Waals surface area contributed by atoms with Gasteiger partial charge in [-0.15, -0.1) is 0 Å². The Hall–Kier alpha value is 0.690. The molecule has 1 saturated carbocycles. The van der Waals surface area contributed by atoms with Gasteiger partial charge in [0.15, 0.2) is 0 Å². The highest BCUT2D eigenvalue weighted by Crippen LogP contribution is 2.47. The minimum atomic E-state index is 0.735. The van der Waals surface area contributed by atoms with Crippen molar-refractivity contribution < 1.29 is 0 Å². The molecule has 0 aromatic rings. The molecule has 1 aliphatic carbocycles. The summed E-state index contributed by atoms with van der Waals surface area (Å²) in [7, 11) is 0. The van der Waals surface area contributed by atoms with E-state index in [4.69, 9.17) is 0 Å². The number of halogens is 1. The molecule has 70 valence electrons. The lowest BCUT2D eigenvalue weighted by Crippen LogP contribution is -2.36. The molecule has 0 bridgehead atoms. The summed E-state index contributed by atoms with van der Waals surface area (Å²) >= 11 is 2.50. The fraction of sp³-hybridized carbons (Fsp3) is 1.00. The first-order chi connectivity index (χ1) is 5.70. The monoisotopic (exact) mass is 279 g/mol. The molecule has 2 heteroatoms. The molecule has 2 unspecified atom stereocenters. The number of nitrogens with zero attached hydrogens (tertiary/aromatic N) is 1. The highest BCUT2D eigenvalue weighted by Gasteiger charge is 2.39. The third-order valence-corrected chi connectivity index (χ3v) is 4.39. The van der Waals surface area contributed by atoms with E-state index in [2.05, 4.69) is 32.9 Å². The van der Waals surface area contributed by atoms with Crippen LogP contribution in [0.25, 0.3) is 0 Å². The maximum atomic E-state index is 2.50. The maximum absolute atomic E-state index is 2.50. The zero-order valence-corrected chi connectivity index (χ0v) is 10.0. The van der Waals surface area contributed by atoms with Crippen LogP contribution in [0.15, 0.2) is 0 Å². The molecule has 2 atom stereocenters. The summed E-state index contributed by atoms with van der Waals surface area (Å²) in [5.74, 6) is 0.993. The van der Waals surface area contributed by atoms with E-state index in [-0.39, 0.29) is 0 Å². The Bertz CT molecular complexity index is 167. The van der Waals surface area contributed by atoms with E-state index in [1.165, 1.54) is 45.2 Å². The summed E-state index contributed by atoms with van der Waals surface area (Å²) in [5, 5.41) is 0. The van der Waals surface area contributed by atoms with E-state index < -0.39 is 0 Å². The Balaban J connectivity index is 2.00. The third kappa shape index (κ3) is 1.79. The second-order valence-electron chi connectivity index (χ2n) is 4.80. The van der Waals surface area contributed by atoms with Crippen LogP contribution in [0.1, 0.15) is 39.0 Å². The molecule has 0 N–H and O–H groups in total. The summed E-state index contributed by atoms with van der Waals surface area (Å²) in [5.41, 5.74) is 0.735. The molecule has 1 heterocycles. The number of piperidine rings is 1. The van der Waals surface area contributed by atoms with Crippen LogP contribution in [0.2, 0.25) is 0 Å². The average molecular weight is 279 g/mol. The van der Waals surface area contributed by atoms with Gasteiger partial charge in [0.2, 0.25) is 0 Å². The molecule has 0 radical (unpaired) electrons. The second-order valence-corrected chi connectivity index (χ2v) is 6.16. The summed E-state index contributed by atoms with van der Waals surface area (Å²) < 4.78 is 2.50. The van der Waals surface area contributed by atoms with Gasteiger partial charge in [-0.3, -0.25) is 0 Å². The zero-order valence-electron chi connectivity index (χ0n) is 7.85. The molecule has 0 aromatic heterocycles. The smallest absolute Gasteiger partial charge is 0.0201 e. The van der Waals surface area contributed by atoms with Gasteiger partial charge < -0.3 is 0 Å². The Morgan fingerprint density at radius 3 is 2.83 bits per heavy atom. The zero-order chi connectivity index (χ0) is 8.60. The first-order valence-corrected chi connectivity index (χ1v) is 6.07. The van der Waals surface area contributed by atoms with Crippen molar-refractivity contribution in [1.29, 1.82) is 0 Å². The minimum absolute atomic E-state index is 0.735. The van der Waals surface area contributed by atoms with Gasteiger partial charge in [-0.2, -0.15) is 0 Å². The molecular formula is C10H18IN. The molecule has 1 saturated heterocycles. The lowest BCUT2D eigenvalue weighted by molar-refractivity contribution is 0.167. The fourth-order valence-electron chi connectivity index (χ4n) is 3.01. The summed E-state index contributed by atoms with van der Waals surface area (Å²) in [6.07, 6.45) is 7.39. The lowest BCUT2D eigenvalue weighted by atomic mass is 9.79. The van der Waals surface area contributed by atoms with Crippen molar-refractivity contribution in [3.05, 3.63) is 0 Å².